The van der Waals surface area contributed by atoms with E-state index in [0.29, 0.717) is 32.4 Å². The van der Waals surface area contributed by atoms with E-state index in [1.54, 1.807) is 26.8 Å². The highest BCUT2D eigenvalue weighted by Gasteiger charge is 2.27. The van der Waals surface area contributed by atoms with E-state index in [1.165, 1.54) is 17.0 Å². The number of aliphatic carboxylic acids is 5. The molecule has 1 aliphatic heterocycles. The smallest absolute Gasteiger partial charge is 0.317 e. The number of carboxylic acids is 5. The van der Waals surface area contributed by atoms with Crippen molar-refractivity contribution in [3.05, 3.63) is 39.9 Å². The molecular formula is C29H44N6O12. The third-order valence-electron chi connectivity index (χ3n) is 7.82. The van der Waals surface area contributed by atoms with Crippen LogP contribution in [0, 0.1) is 10.1 Å². The molecule has 1 heterocycles. The lowest BCUT2D eigenvalue weighted by Crippen LogP contribution is -2.52. The Hall–Kier alpha value is -4.23. The first-order chi connectivity index (χ1) is 22.2. The van der Waals surface area contributed by atoms with Crippen LogP contribution in [0.25, 0.3) is 0 Å². The Morgan fingerprint density at radius 3 is 1.38 bits per heavy atom. The molecule has 0 spiro atoms. The Morgan fingerprint density at radius 2 is 1.04 bits per heavy atom. The summed E-state index contributed by atoms with van der Waals surface area (Å²) in [5, 5.41) is 58.5. The van der Waals surface area contributed by atoms with Crippen LogP contribution in [-0.4, -0.2) is 182 Å². The lowest BCUT2D eigenvalue weighted by atomic mass is 10.0. The minimum absolute atomic E-state index is 0.0560. The van der Waals surface area contributed by atoms with Crippen molar-refractivity contribution in [1.29, 1.82) is 0 Å². The number of carbonyl (C=O) groups is 5. The van der Waals surface area contributed by atoms with Crippen molar-refractivity contribution in [1.82, 2.24) is 24.5 Å². The minimum Gasteiger partial charge on any atom is -0.480 e. The van der Waals surface area contributed by atoms with Crippen molar-refractivity contribution in [2.45, 2.75) is 25.3 Å². The average molecular weight is 669 g/mol. The summed E-state index contributed by atoms with van der Waals surface area (Å²) in [5.74, 6) is -5.64. The summed E-state index contributed by atoms with van der Waals surface area (Å²) >= 11 is 0. The van der Waals surface area contributed by atoms with Crippen LogP contribution in [-0.2, 0) is 30.4 Å². The van der Waals surface area contributed by atoms with Gasteiger partial charge in [-0.2, -0.15) is 0 Å². The summed E-state index contributed by atoms with van der Waals surface area (Å²) in [6.07, 6.45) is 1.37. The Balaban J connectivity index is 2.32. The molecule has 0 aliphatic carbocycles. The van der Waals surface area contributed by atoms with Gasteiger partial charge in [-0.15, -0.1) is 0 Å². The minimum atomic E-state index is -1.22. The number of nitro groups is 1. The summed E-state index contributed by atoms with van der Waals surface area (Å²) in [6.45, 7) is 0.227. The van der Waals surface area contributed by atoms with E-state index in [9.17, 15) is 59.6 Å². The van der Waals surface area contributed by atoms with Gasteiger partial charge in [0.15, 0.2) is 0 Å². The predicted octanol–water partition coefficient (Wildman–Crippen LogP) is -0.767. The van der Waals surface area contributed by atoms with Gasteiger partial charge in [0.05, 0.1) is 37.6 Å². The number of nitrogens with zero attached hydrogens (tertiary/aromatic N) is 6. The number of hydrogen-bond donors (Lipinski definition) is 5. The van der Waals surface area contributed by atoms with E-state index in [2.05, 4.69) is 0 Å². The van der Waals surface area contributed by atoms with Gasteiger partial charge in [0, 0.05) is 77.1 Å². The van der Waals surface area contributed by atoms with E-state index in [-0.39, 0.29) is 71.1 Å². The normalized spacial score (nSPS) is 17.0. The van der Waals surface area contributed by atoms with Crippen LogP contribution in [0.4, 0.5) is 5.69 Å². The van der Waals surface area contributed by atoms with Crippen LogP contribution >= 0.6 is 0 Å². The molecule has 5 N–H and O–H groups in total. The largest absolute Gasteiger partial charge is 0.480 e. The molecule has 1 fully saturated rings. The molecule has 0 saturated carbocycles. The Labute approximate surface area is 271 Å². The molecule has 0 bridgehead atoms. The lowest BCUT2D eigenvalue weighted by molar-refractivity contribution is -0.384. The number of nitro benzene ring substituents is 1. The van der Waals surface area contributed by atoms with Crippen LogP contribution in [0.1, 0.15) is 18.4 Å². The fraction of sp³-hybridized carbons (Fsp3) is 0.621. The number of carboxylic acid groups (broad SMARTS) is 5. The van der Waals surface area contributed by atoms with Crippen LogP contribution in [0.3, 0.4) is 0 Å². The zero-order valence-corrected chi connectivity index (χ0v) is 26.2. The molecule has 262 valence electrons. The third kappa shape index (κ3) is 16.2. The highest BCUT2D eigenvalue weighted by Crippen LogP contribution is 2.17. The van der Waals surface area contributed by atoms with E-state index in [4.69, 9.17) is 0 Å². The zero-order chi connectivity index (χ0) is 34.9. The van der Waals surface area contributed by atoms with Gasteiger partial charge in [-0.3, -0.25) is 58.6 Å². The molecule has 1 atom stereocenters. The SMILES string of the molecule is O=C(O)CN1CCN(CC(=O)O)CCN(CC(CCCc2ccc([N+](=O)[O-])cc2)N(CC(=O)O)CC(=O)O)CCN(CC(=O)O)CC1. The van der Waals surface area contributed by atoms with Crippen molar-refractivity contribution in [2.75, 3.05) is 91.6 Å². The van der Waals surface area contributed by atoms with E-state index in [1.807, 2.05) is 4.90 Å². The topological polar surface area (TPSA) is 246 Å². The first-order valence-corrected chi connectivity index (χ1v) is 15.2. The first kappa shape index (κ1) is 39.0. The number of rotatable bonds is 18. The summed E-state index contributed by atoms with van der Waals surface area (Å²) in [4.78, 5) is 76.9. The van der Waals surface area contributed by atoms with Crippen LogP contribution < -0.4 is 0 Å². The van der Waals surface area contributed by atoms with Gasteiger partial charge in [0.1, 0.15) is 0 Å². The van der Waals surface area contributed by atoms with Crippen molar-refractivity contribution in [3.8, 4) is 0 Å². The molecule has 1 saturated heterocycles. The summed E-state index contributed by atoms with van der Waals surface area (Å²) in [7, 11) is 0. The molecule has 1 aromatic rings. The van der Waals surface area contributed by atoms with Crippen molar-refractivity contribution in [3.63, 3.8) is 0 Å². The van der Waals surface area contributed by atoms with Gasteiger partial charge in [0.2, 0.25) is 0 Å². The molecule has 18 nitrogen and oxygen atoms in total. The molecule has 1 unspecified atom stereocenters. The second kappa shape index (κ2) is 20.1. The van der Waals surface area contributed by atoms with Gasteiger partial charge in [-0.1, -0.05) is 12.1 Å². The Morgan fingerprint density at radius 1 is 0.660 bits per heavy atom. The van der Waals surface area contributed by atoms with Crippen LogP contribution in [0.15, 0.2) is 24.3 Å². The fourth-order valence-corrected chi connectivity index (χ4v) is 5.48. The van der Waals surface area contributed by atoms with Gasteiger partial charge in [-0.05, 0) is 24.8 Å². The second-order valence-corrected chi connectivity index (χ2v) is 11.5. The van der Waals surface area contributed by atoms with Crippen LogP contribution in [0.2, 0.25) is 0 Å². The maximum Gasteiger partial charge on any atom is 0.317 e. The predicted molar refractivity (Wildman–Crippen MR) is 165 cm³/mol. The van der Waals surface area contributed by atoms with Gasteiger partial charge in [-0.25, -0.2) is 0 Å². The maximum atomic E-state index is 11.7. The quantitative estimate of drug-likeness (QED) is 0.0952. The summed E-state index contributed by atoms with van der Waals surface area (Å²) < 4.78 is 0. The van der Waals surface area contributed by atoms with Gasteiger partial charge >= 0.3 is 29.8 Å². The maximum absolute atomic E-state index is 11.7. The second-order valence-electron chi connectivity index (χ2n) is 11.5. The van der Waals surface area contributed by atoms with Crippen molar-refractivity contribution in [2.24, 2.45) is 0 Å². The highest BCUT2D eigenvalue weighted by atomic mass is 16.6. The molecule has 0 radical (unpaired) electrons. The highest BCUT2D eigenvalue weighted by molar-refractivity contribution is 5.72. The third-order valence-corrected chi connectivity index (χ3v) is 7.82. The van der Waals surface area contributed by atoms with Crippen molar-refractivity contribution >= 4 is 35.5 Å². The molecule has 47 heavy (non-hydrogen) atoms. The zero-order valence-electron chi connectivity index (χ0n) is 26.2. The van der Waals surface area contributed by atoms with Gasteiger partial charge in [0.25, 0.3) is 5.69 Å². The molecular weight excluding hydrogens is 624 g/mol. The number of benzene rings is 1. The fourth-order valence-electron chi connectivity index (χ4n) is 5.48. The van der Waals surface area contributed by atoms with Crippen LogP contribution in [0.5, 0.6) is 0 Å². The molecule has 2 rings (SSSR count). The number of aryl methyl sites for hydroxylation is 1. The van der Waals surface area contributed by atoms with E-state index >= 15 is 0 Å². The number of non-ortho nitro benzene ring substituents is 1. The Bertz CT molecular complexity index is 1170. The van der Waals surface area contributed by atoms with E-state index in [0.717, 1.165) is 5.56 Å². The van der Waals surface area contributed by atoms with E-state index < -0.39 is 53.9 Å². The van der Waals surface area contributed by atoms with Gasteiger partial charge < -0.3 is 25.5 Å². The number of hydrogen-bond acceptors (Lipinski definition) is 12. The molecule has 18 heteroatoms. The standard InChI is InChI=1S/C29H44N6O12/c36-25(37)17-31-10-8-30(9-11-32(18-26(38)39)13-15-33(14-12-31)19-27(40)41)16-24(34(20-28(42)43)21-29(44)45)3-1-2-22-4-6-23(7-5-22)35(46)47/h4-7,24H,1-3,8-21H2,(H,36,37)(H,38,39)(H,40,41)(H,42,43)(H,44,45). The first-order valence-electron chi connectivity index (χ1n) is 15.2. The Kier molecular flexibility index (Phi) is 16.7. The molecule has 1 aliphatic rings. The molecule has 0 aromatic heterocycles. The lowest BCUT2D eigenvalue weighted by Gasteiger charge is -2.37. The summed E-state index contributed by atoms with van der Waals surface area (Å²) in [6, 6.07) is 5.46. The average Bonchev–Trinajstić information content (AvgIpc) is 2.96. The monoisotopic (exact) mass is 668 g/mol. The molecule has 0 amide bonds. The summed E-state index contributed by atoms with van der Waals surface area (Å²) in [5.41, 5.74) is 0.758. The molecule has 1 aromatic carbocycles. The van der Waals surface area contributed by atoms with Crippen molar-refractivity contribution < 1.29 is 54.4 Å².